The average molecular weight is 622 g/mol. The van der Waals surface area contributed by atoms with E-state index in [1.807, 2.05) is 11.3 Å². The molecule has 4 heteroatoms. The summed E-state index contributed by atoms with van der Waals surface area (Å²) in [4.78, 5) is 1.44. The molecule has 3 aliphatic heterocycles. The van der Waals surface area contributed by atoms with Gasteiger partial charge in [-0.05, 0) is 83.9 Å². The molecule has 9 atom stereocenters. The molecule has 0 radical (unpaired) electrons. The molecule has 3 aromatic rings. The van der Waals surface area contributed by atoms with Gasteiger partial charge in [0.05, 0.1) is 12.2 Å². The van der Waals surface area contributed by atoms with Crippen molar-refractivity contribution in [3.8, 4) is 5.75 Å². The van der Waals surface area contributed by atoms with Crippen LogP contribution in [0.5, 0.6) is 5.75 Å². The highest BCUT2D eigenvalue weighted by molar-refractivity contribution is 7.20. The van der Waals surface area contributed by atoms with Crippen LogP contribution in [0, 0.1) is 17.8 Å². The molecular weight excluding hydrogens is 583 g/mol. The highest BCUT2D eigenvalue weighted by Gasteiger charge is 2.62. The maximum Gasteiger partial charge on any atom is 0.125 e. The van der Waals surface area contributed by atoms with Crippen LogP contribution in [0.3, 0.4) is 0 Å². The number of benzene rings is 2. The van der Waals surface area contributed by atoms with Crippen LogP contribution < -0.4 is 10.1 Å². The summed E-state index contributed by atoms with van der Waals surface area (Å²) in [6.07, 6.45) is 33.1. The zero-order chi connectivity index (χ0) is 30.2. The van der Waals surface area contributed by atoms with Gasteiger partial charge in [0.15, 0.2) is 0 Å². The van der Waals surface area contributed by atoms with Crippen molar-refractivity contribution in [2.24, 2.45) is 17.8 Å². The highest BCUT2D eigenvalue weighted by atomic mass is 32.1. The molecule has 46 heavy (non-hydrogen) atoms. The Bertz CT molecular complexity index is 1940. The maximum atomic E-state index is 7.23. The van der Waals surface area contributed by atoms with Crippen molar-refractivity contribution in [1.82, 2.24) is 5.32 Å². The molecule has 2 aromatic carbocycles. The zero-order valence-corrected chi connectivity index (χ0v) is 26.7. The summed E-state index contributed by atoms with van der Waals surface area (Å²) in [6, 6.07) is 18.2. The molecule has 4 aliphatic carbocycles. The Kier molecular flexibility index (Phi) is 6.36. The summed E-state index contributed by atoms with van der Waals surface area (Å²) in [5.74, 6) is 2.36. The van der Waals surface area contributed by atoms with Gasteiger partial charge in [-0.15, -0.1) is 11.3 Å². The molecule has 1 spiro atoms. The second-order valence-corrected chi connectivity index (χ2v) is 15.1. The number of allylic oxidation sites excluding steroid dienone is 4. The number of nitrogens with one attached hydrogen (secondary N) is 1. The first-order valence-corrected chi connectivity index (χ1v) is 18.0. The van der Waals surface area contributed by atoms with E-state index in [0.717, 1.165) is 38.0 Å². The van der Waals surface area contributed by atoms with Crippen LogP contribution in [-0.4, -0.2) is 30.9 Å². The van der Waals surface area contributed by atoms with E-state index in [9.17, 15) is 0 Å². The number of ether oxygens (including phenoxy) is 2. The van der Waals surface area contributed by atoms with E-state index >= 15 is 0 Å². The lowest BCUT2D eigenvalue weighted by Gasteiger charge is -2.60. The Balaban J connectivity index is 1.10. The minimum Gasteiger partial charge on any atom is -0.485 e. The van der Waals surface area contributed by atoms with E-state index < -0.39 is 0 Å². The number of hydrogen-bond acceptors (Lipinski definition) is 4. The fraction of sp³-hybridized carbons (Fsp3) is 0.333. The Morgan fingerprint density at radius 3 is 2.74 bits per heavy atom. The van der Waals surface area contributed by atoms with Gasteiger partial charge in [0.1, 0.15) is 11.9 Å². The normalized spacial score (nSPS) is 36.6. The van der Waals surface area contributed by atoms with Gasteiger partial charge < -0.3 is 14.8 Å². The molecule has 1 aromatic heterocycles. The second kappa shape index (κ2) is 10.7. The minimum atomic E-state index is -0.232. The molecule has 0 bridgehead atoms. The lowest BCUT2D eigenvalue weighted by Crippen LogP contribution is -2.62. The summed E-state index contributed by atoms with van der Waals surface area (Å²) < 4.78 is 15.6. The fourth-order valence-corrected chi connectivity index (χ4v) is 11.2. The Morgan fingerprint density at radius 1 is 0.848 bits per heavy atom. The molecule has 10 rings (SSSR count). The first-order valence-electron chi connectivity index (χ1n) is 17.2. The number of thiophene rings is 1. The molecule has 1 saturated heterocycles. The Morgan fingerprint density at radius 2 is 1.78 bits per heavy atom. The van der Waals surface area contributed by atoms with E-state index in [1.165, 1.54) is 31.7 Å². The molecular formula is C42H39NO2S. The van der Waals surface area contributed by atoms with E-state index in [2.05, 4.69) is 127 Å². The number of rotatable bonds is 2. The first kappa shape index (κ1) is 27.4. The number of hydrogen-bond donors (Lipinski definition) is 1. The van der Waals surface area contributed by atoms with Crippen molar-refractivity contribution < 1.29 is 9.47 Å². The van der Waals surface area contributed by atoms with Crippen molar-refractivity contribution >= 4 is 27.5 Å². The third-order valence-electron chi connectivity index (χ3n) is 11.9. The third kappa shape index (κ3) is 3.96. The van der Waals surface area contributed by atoms with E-state index in [1.54, 1.807) is 5.56 Å². The van der Waals surface area contributed by atoms with Crippen molar-refractivity contribution in [1.29, 1.82) is 0 Å². The molecule has 0 amide bonds. The maximum absolute atomic E-state index is 7.23. The molecule has 9 unspecified atom stereocenters. The van der Waals surface area contributed by atoms with Crippen LogP contribution in [0.15, 0.2) is 127 Å². The van der Waals surface area contributed by atoms with Crippen LogP contribution in [-0.2, 0) is 10.2 Å². The summed E-state index contributed by atoms with van der Waals surface area (Å²) in [5.41, 5.74) is 5.43. The summed E-state index contributed by atoms with van der Waals surface area (Å²) >= 11 is 1.95. The summed E-state index contributed by atoms with van der Waals surface area (Å²) in [5, 5.41) is 5.14. The molecule has 1 N–H and O–H groups in total. The van der Waals surface area contributed by atoms with E-state index in [0.29, 0.717) is 17.9 Å². The smallest absolute Gasteiger partial charge is 0.125 e. The predicted molar refractivity (Wildman–Crippen MR) is 188 cm³/mol. The average Bonchev–Trinajstić information content (AvgIpc) is 3.50. The van der Waals surface area contributed by atoms with Crippen molar-refractivity contribution in [3.63, 3.8) is 0 Å². The predicted octanol–water partition coefficient (Wildman–Crippen LogP) is 8.98. The lowest BCUT2D eigenvalue weighted by molar-refractivity contribution is -0.100. The largest absolute Gasteiger partial charge is 0.485 e. The number of para-hydroxylation sites is 1. The van der Waals surface area contributed by atoms with Gasteiger partial charge in [-0.3, -0.25) is 0 Å². The van der Waals surface area contributed by atoms with Crippen LogP contribution in [0.1, 0.15) is 47.6 Å². The van der Waals surface area contributed by atoms with Crippen molar-refractivity contribution in [3.05, 3.63) is 143 Å². The zero-order valence-electron chi connectivity index (χ0n) is 25.9. The van der Waals surface area contributed by atoms with Crippen molar-refractivity contribution in [2.75, 3.05) is 6.54 Å². The van der Waals surface area contributed by atoms with Gasteiger partial charge in [0.2, 0.25) is 0 Å². The molecule has 4 heterocycles. The highest BCUT2D eigenvalue weighted by Crippen LogP contribution is 2.62. The molecule has 1 fully saturated rings. The third-order valence-corrected chi connectivity index (χ3v) is 13.0. The summed E-state index contributed by atoms with van der Waals surface area (Å²) in [7, 11) is 0. The number of fused-ring (bicyclic) bond motifs is 11. The van der Waals surface area contributed by atoms with Gasteiger partial charge in [-0.2, -0.15) is 0 Å². The molecule has 230 valence electrons. The molecule has 7 aliphatic rings. The molecule has 3 nitrogen and oxygen atoms in total. The first-order chi connectivity index (χ1) is 22.8. The summed E-state index contributed by atoms with van der Waals surface area (Å²) in [6.45, 7) is 0.922. The van der Waals surface area contributed by atoms with Gasteiger partial charge >= 0.3 is 0 Å². The monoisotopic (exact) mass is 621 g/mol. The standard InChI is InChI=1S/C42H39NO2S/c1-6-17-39-29(10-1)41-28(11-9-18-40(41)46-39)26-19-21-32-37(24-26)44-35-15-4-2-12-30(35)42(32)31-13-3-5-16-36(31)45-38-25-27(20-22-33(38)42)34-14-7-8-23-43-34/h1-10,12-13,16-22,25-26,28,32-35,37-38,43H,11,14-15,23-24H2. The van der Waals surface area contributed by atoms with E-state index in [4.69, 9.17) is 9.47 Å². The Hall–Kier alpha value is -3.70. The van der Waals surface area contributed by atoms with Gasteiger partial charge in [0, 0.05) is 45.0 Å². The topological polar surface area (TPSA) is 30.5 Å². The van der Waals surface area contributed by atoms with Gasteiger partial charge in [-0.25, -0.2) is 0 Å². The van der Waals surface area contributed by atoms with Gasteiger partial charge in [0.25, 0.3) is 0 Å². The van der Waals surface area contributed by atoms with Crippen LogP contribution >= 0.6 is 11.3 Å². The van der Waals surface area contributed by atoms with Crippen molar-refractivity contribution in [2.45, 2.75) is 61.4 Å². The van der Waals surface area contributed by atoms with Crippen LogP contribution in [0.25, 0.3) is 16.2 Å². The molecule has 0 saturated carbocycles. The fourth-order valence-electron chi connectivity index (χ4n) is 10.0. The quantitative estimate of drug-likeness (QED) is 0.290. The Labute approximate surface area is 275 Å². The lowest BCUT2D eigenvalue weighted by atomic mass is 9.49. The van der Waals surface area contributed by atoms with Gasteiger partial charge in [-0.1, -0.05) is 97.2 Å². The minimum absolute atomic E-state index is 0.0249. The van der Waals surface area contributed by atoms with Crippen LogP contribution in [0.4, 0.5) is 0 Å². The van der Waals surface area contributed by atoms with Crippen LogP contribution in [0.2, 0.25) is 0 Å². The SMILES string of the molecule is C1=CCC2OC3CC(C4CC=Cc5sc6ccccc6c54)C=CC3C3(C2=C1)c1ccccc1OC1C=C(C2CC=CCN2)C=CC13. The second-order valence-electron chi connectivity index (χ2n) is 14.0. The van der Waals surface area contributed by atoms with E-state index in [-0.39, 0.29) is 35.6 Å².